The summed E-state index contributed by atoms with van der Waals surface area (Å²) in [4.78, 5) is 35.9. The predicted molar refractivity (Wildman–Crippen MR) is 98.2 cm³/mol. The zero-order chi connectivity index (χ0) is 19.6. The molecule has 26 heavy (non-hydrogen) atoms. The van der Waals surface area contributed by atoms with Gasteiger partial charge in [0.2, 0.25) is 11.8 Å². The van der Waals surface area contributed by atoms with Gasteiger partial charge in [-0.1, -0.05) is 39.0 Å². The molecule has 0 saturated carbocycles. The zero-order valence-corrected chi connectivity index (χ0v) is 16.7. The van der Waals surface area contributed by atoms with E-state index in [0.29, 0.717) is 26.0 Å². The van der Waals surface area contributed by atoms with Crippen LogP contribution in [0.1, 0.15) is 71.6 Å². The second kappa shape index (κ2) is 11.3. The topological polar surface area (TPSA) is 97.8 Å². The van der Waals surface area contributed by atoms with Crippen molar-refractivity contribution in [3.05, 3.63) is 0 Å². The lowest BCUT2D eigenvalue weighted by Gasteiger charge is -2.14. The molecule has 1 aliphatic heterocycles. The molecule has 0 N–H and O–H groups in total. The van der Waals surface area contributed by atoms with E-state index in [-0.39, 0.29) is 24.1 Å². The minimum absolute atomic E-state index is 0.0498. The fourth-order valence-corrected chi connectivity index (χ4v) is 4.68. The van der Waals surface area contributed by atoms with Crippen LogP contribution in [0.25, 0.3) is 0 Å². The largest absolute Gasteiger partial charge is 0.466 e. The van der Waals surface area contributed by atoms with Gasteiger partial charge in [0.15, 0.2) is 9.84 Å². The smallest absolute Gasteiger partial charge is 0.302 e. The van der Waals surface area contributed by atoms with E-state index in [1.807, 2.05) is 6.92 Å². The Hall–Kier alpha value is -1.44. The Bertz CT molecular complexity index is 586. The monoisotopic (exact) mass is 389 g/mol. The summed E-state index contributed by atoms with van der Waals surface area (Å²) in [6.07, 6.45) is 6.19. The fourth-order valence-electron chi connectivity index (χ4n) is 2.96. The molecule has 0 aromatic carbocycles. The summed E-state index contributed by atoms with van der Waals surface area (Å²) in [5.41, 5.74) is 0. The van der Waals surface area contributed by atoms with E-state index in [2.05, 4.69) is 0 Å². The molecule has 1 unspecified atom stereocenters. The predicted octanol–water partition coefficient (Wildman–Crippen LogP) is 2.23. The molecule has 1 rings (SSSR count). The standard InChI is InChI=1S/C18H31NO6S/c1-3-4-11-19-17(21)14-16(18(19)22)26(23,24)13-10-8-6-5-7-9-12-25-15(2)20/h16H,3-14H2,1-2H3. The summed E-state index contributed by atoms with van der Waals surface area (Å²) < 4.78 is 29.6. The molecule has 0 radical (unpaired) electrons. The van der Waals surface area contributed by atoms with Crippen molar-refractivity contribution in [2.45, 2.75) is 76.9 Å². The van der Waals surface area contributed by atoms with E-state index in [1.54, 1.807) is 0 Å². The average molecular weight is 390 g/mol. The molecular weight excluding hydrogens is 358 g/mol. The molecule has 7 nitrogen and oxygen atoms in total. The summed E-state index contributed by atoms with van der Waals surface area (Å²) in [6.45, 7) is 4.07. The number of amides is 2. The number of rotatable bonds is 13. The molecule has 150 valence electrons. The Morgan fingerprint density at radius 2 is 1.69 bits per heavy atom. The molecule has 1 aliphatic rings. The van der Waals surface area contributed by atoms with Gasteiger partial charge in [0, 0.05) is 13.5 Å². The highest BCUT2D eigenvalue weighted by molar-refractivity contribution is 7.92. The number of carbonyl (C=O) groups excluding carboxylic acids is 3. The number of nitrogens with zero attached hydrogens (tertiary/aromatic N) is 1. The molecule has 0 aromatic rings. The van der Waals surface area contributed by atoms with Crippen LogP contribution >= 0.6 is 0 Å². The second-order valence-electron chi connectivity index (χ2n) is 6.76. The van der Waals surface area contributed by atoms with Crippen LogP contribution in [0.15, 0.2) is 0 Å². The maximum absolute atomic E-state index is 12.4. The molecule has 8 heteroatoms. The van der Waals surface area contributed by atoms with Crippen LogP contribution in [-0.2, 0) is 29.0 Å². The van der Waals surface area contributed by atoms with Gasteiger partial charge in [-0.05, 0) is 19.3 Å². The number of hydrogen-bond donors (Lipinski definition) is 0. The van der Waals surface area contributed by atoms with E-state index in [1.165, 1.54) is 6.92 Å². The third kappa shape index (κ3) is 7.43. The maximum atomic E-state index is 12.4. The van der Waals surface area contributed by atoms with Gasteiger partial charge in [0.05, 0.1) is 18.8 Å². The first-order chi connectivity index (χ1) is 12.3. The van der Waals surface area contributed by atoms with Crippen molar-refractivity contribution in [2.24, 2.45) is 0 Å². The van der Waals surface area contributed by atoms with Crippen molar-refractivity contribution < 1.29 is 27.5 Å². The van der Waals surface area contributed by atoms with Gasteiger partial charge in [-0.15, -0.1) is 0 Å². The highest BCUT2D eigenvalue weighted by Gasteiger charge is 2.45. The Balaban J connectivity index is 2.27. The van der Waals surface area contributed by atoms with Crippen molar-refractivity contribution >= 4 is 27.6 Å². The number of ether oxygens (including phenoxy) is 1. The molecule has 1 saturated heterocycles. The molecule has 0 spiro atoms. The number of imide groups is 1. The van der Waals surface area contributed by atoms with Gasteiger partial charge in [0.25, 0.3) is 0 Å². The van der Waals surface area contributed by atoms with Crippen molar-refractivity contribution in [1.29, 1.82) is 0 Å². The van der Waals surface area contributed by atoms with Crippen molar-refractivity contribution in [3.63, 3.8) is 0 Å². The lowest BCUT2D eigenvalue weighted by atomic mass is 10.1. The van der Waals surface area contributed by atoms with Crippen LogP contribution in [0.5, 0.6) is 0 Å². The van der Waals surface area contributed by atoms with E-state index in [4.69, 9.17) is 4.74 Å². The van der Waals surface area contributed by atoms with E-state index in [9.17, 15) is 22.8 Å². The Morgan fingerprint density at radius 3 is 2.31 bits per heavy atom. The number of esters is 1. The lowest BCUT2D eigenvalue weighted by molar-refractivity contribution is -0.141. The van der Waals surface area contributed by atoms with Crippen LogP contribution < -0.4 is 0 Å². The van der Waals surface area contributed by atoms with Crippen molar-refractivity contribution in [2.75, 3.05) is 18.9 Å². The third-order valence-corrected chi connectivity index (χ3v) is 6.59. The molecule has 0 aromatic heterocycles. The summed E-state index contributed by atoms with van der Waals surface area (Å²) in [6, 6.07) is 0. The van der Waals surface area contributed by atoms with E-state index < -0.39 is 21.0 Å². The number of carbonyl (C=O) groups is 3. The van der Waals surface area contributed by atoms with Crippen molar-refractivity contribution in [3.8, 4) is 0 Å². The number of unbranched alkanes of at least 4 members (excludes halogenated alkanes) is 6. The van der Waals surface area contributed by atoms with Gasteiger partial charge in [-0.3, -0.25) is 19.3 Å². The van der Waals surface area contributed by atoms with Crippen molar-refractivity contribution in [1.82, 2.24) is 4.90 Å². The number of sulfone groups is 1. The van der Waals surface area contributed by atoms with Crippen LogP contribution in [0.4, 0.5) is 0 Å². The SMILES string of the molecule is CCCCN1C(=O)CC(S(=O)(=O)CCCCCCCCOC(C)=O)C1=O. The summed E-state index contributed by atoms with van der Waals surface area (Å²) in [5.74, 6) is -1.24. The summed E-state index contributed by atoms with van der Waals surface area (Å²) in [7, 11) is -3.58. The van der Waals surface area contributed by atoms with Crippen LogP contribution in [0, 0.1) is 0 Å². The molecule has 2 amide bonds. The first-order valence-corrected chi connectivity index (χ1v) is 11.2. The molecule has 0 bridgehead atoms. The van der Waals surface area contributed by atoms with Gasteiger partial charge >= 0.3 is 5.97 Å². The van der Waals surface area contributed by atoms with Crippen LogP contribution in [0.3, 0.4) is 0 Å². The van der Waals surface area contributed by atoms with Gasteiger partial charge in [-0.2, -0.15) is 0 Å². The number of hydrogen-bond acceptors (Lipinski definition) is 6. The fraction of sp³-hybridized carbons (Fsp3) is 0.833. The molecular formula is C18H31NO6S. The Morgan fingerprint density at radius 1 is 1.08 bits per heavy atom. The van der Waals surface area contributed by atoms with Crippen LogP contribution in [0.2, 0.25) is 0 Å². The van der Waals surface area contributed by atoms with E-state index in [0.717, 1.165) is 43.4 Å². The van der Waals surface area contributed by atoms with Crippen LogP contribution in [-0.4, -0.2) is 55.3 Å². The molecule has 1 fully saturated rings. The second-order valence-corrected chi connectivity index (χ2v) is 9.06. The lowest BCUT2D eigenvalue weighted by Crippen LogP contribution is -2.36. The molecule has 1 atom stereocenters. The van der Waals surface area contributed by atoms with E-state index >= 15 is 0 Å². The third-order valence-electron chi connectivity index (χ3n) is 4.50. The van der Waals surface area contributed by atoms with Gasteiger partial charge in [0.1, 0.15) is 5.25 Å². The maximum Gasteiger partial charge on any atom is 0.302 e. The molecule has 1 heterocycles. The first kappa shape index (κ1) is 22.6. The average Bonchev–Trinajstić information content (AvgIpc) is 2.86. The van der Waals surface area contributed by atoms with Gasteiger partial charge < -0.3 is 4.74 Å². The molecule has 0 aliphatic carbocycles. The number of likely N-dealkylation sites (tertiary alicyclic amines) is 1. The minimum Gasteiger partial charge on any atom is -0.466 e. The van der Waals surface area contributed by atoms with Gasteiger partial charge in [-0.25, -0.2) is 8.42 Å². The summed E-state index contributed by atoms with van der Waals surface area (Å²) in [5, 5.41) is -1.18. The Labute approximate surface area is 156 Å². The normalized spacial score (nSPS) is 17.8. The minimum atomic E-state index is -3.58. The highest BCUT2D eigenvalue weighted by Crippen LogP contribution is 2.22. The zero-order valence-electron chi connectivity index (χ0n) is 15.9. The first-order valence-electron chi connectivity index (χ1n) is 9.48. The summed E-state index contributed by atoms with van der Waals surface area (Å²) >= 11 is 0. The Kier molecular flexibility index (Phi) is 9.83. The quantitative estimate of drug-likeness (QED) is 0.272. The highest BCUT2D eigenvalue weighted by atomic mass is 32.2.